The molecular weight excluding hydrogens is 685 g/mol. The van der Waals surface area contributed by atoms with Gasteiger partial charge in [-0.25, -0.2) is 0 Å². The number of hydrogen-bond donors (Lipinski definition) is 0. The molecule has 1 heterocycles. The fourth-order valence-corrected chi connectivity index (χ4v) is 14.3. The Bertz CT molecular complexity index is 911. The van der Waals surface area contributed by atoms with Gasteiger partial charge in [0.25, 0.3) is 0 Å². The molecule has 0 aromatic carbocycles. The summed E-state index contributed by atoms with van der Waals surface area (Å²) in [6.07, 6.45) is 27.9. The van der Waals surface area contributed by atoms with Crippen LogP contribution in [0.25, 0.3) is 0 Å². The van der Waals surface area contributed by atoms with Gasteiger partial charge in [-0.3, -0.25) is 9.59 Å². The monoisotopic (exact) mass is 787 g/mol. The Balaban J connectivity index is 0.000000334. The van der Waals surface area contributed by atoms with Crippen LogP contribution in [0, 0.1) is 88.8 Å². The second kappa shape index (κ2) is 28.6. The molecule has 0 spiro atoms. The summed E-state index contributed by atoms with van der Waals surface area (Å²) in [7, 11) is 0. The van der Waals surface area contributed by atoms with Crippen molar-refractivity contribution >= 4 is 11.8 Å². The van der Waals surface area contributed by atoms with Crippen LogP contribution < -0.4 is 0 Å². The summed E-state index contributed by atoms with van der Waals surface area (Å²) < 4.78 is 5.20. The molecule has 1 saturated heterocycles. The van der Waals surface area contributed by atoms with Gasteiger partial charge in [-0.15, -0.1) is 0 Å². The number of esters is 1. The maximum atomic E-state index is 11.6. The molecule has 13 aliphatic carbocycles. The van der Waals surface area contributed by atoms with Crippen molar-refractivity contribution in [3.05, 3.63) is 0 Å². The summed E-state index contributed by atoms with van der Waals surface area (Å²) in [4.78, 5) is 22.6. The first-order chi connectivity index (χ1) is 27.5. The average molecular weight is 787 g/mol. The highest BCUT2D eigenvalue weighted by Gasteiger charge is 2.56. The van der Waals surface area contributed by atoms with Gasteiger partial charge in [0.05, 0.1) is 5.92 Å². The van der Waals surface area contributed by atoms with E-state index in [1.54, 1.807) is 70.6 Å². The summed E-state index contributed by atoms with van der Waals surface area (Å²) in [6, 6.07) is 0. The number of Topliss-reactive ketones (excluding diaryl/α,β-unsaturated/α-hetero) is 1. The SMILES string of the molecule is C1C2CC3CC1CC(C2)C3.C1CC2CC3CC1C2C3.CC.CC.CC.CC.CC.CC.CC.CC.O=C1C2CC3CC(C2)CC1C3.O=C1OC2CC3CC1C2C3. The molecule has 14 aliphatic rings. The summed E-state index contributed by atoms with van der Waals surface area (Å²) >= 11 is 0. The number of rotatable bonds is 0. The molecule has 0 aromatic heterocycles. The van der Waals surface area contributed by atoms with Crippen LogP contribution in [0.4, 0.5) is 0 Å². The molecule has 6 unspecified atom stereocenters. The third kappa shape index (κ3) is 13.3. The Morgan fingerprint density at radius 3 is 0.929 bits per heavy atom. The van der Waals surface area contributed by atoms with Crippen LogP contribution in [0.15, 0.2) is 0 Å². The summed E-state index contributed by atoms with van der Waals surface area (Å²) in [5.74, 6) is 14.9. The van der Waals surface area contributed by atoms with Gasteiger partial charge < -0.3 is 4.74 Å². The van der Waals surface area contributed by atoms with Crippen LogP contribution in [0.1, 0.15) is 233 Å². The van der Waals surface area contributed by atoms with E-state index in [4.69, 9.17) is 4.74 Å². The van der Waals surface area contributed by atoms with Crippen LogP contribution in [-0.4, -0.2) is 17.9 Å². The van der Waals surface area contributed by atoms with Gasteiger partial charge in [-0.1, -0.05) is 111 Å². The van der Waals surface area contributed by atoms with E-state index in [1.165, 1.54) is 85.9 Å². The molecule has 0 aromatic rings. The van der Waals surface area contributed by atoms with Gasteiger partial charge in [0.15, 0.2) is 0 Å². The van der Waals surface area contributed by atoms with Crippen LogP contribution in [0.3, 0.4) is 0 Å². The van der Waals surface area contributed by atoms with E-state index in [-0.39, 0.29) is 5.97 Å². The third-order valence-electron chi connectivity index (χ3n) is 15.3. The topological polar surface area (TPSA) is 43.4 Å². The standard InChI is InChI=1S/C10H14O.C10H16.C9H14.C8H10O2.8C2H6/c11-10-8-2-6-1-7(4-8)5-9(10)3-6;1-7-2-9-4-8(1)5-10(3-7)6-9;1-2-8-4-6-3-7(1)9(8)5-6;9-8-6-2-4-1-5(6)7(3-4)10-8;8*1-2/h6-9H,1-5H2;7-10H,1-6H2;6-9H,1-5H2;4-7H,1-3H2;8*1-2H3. The van der Waals surface area contributed by atoms with Crippen molar-refractivity contribution in [2.24, 2.45) is 88.8 Å². The number of fused-ring (bicyclic) bond motifs is 2. The zero-order valence-corrected chi connectivity index (χ0v) is 40.9. The Labute approximate surface area is 352 Å². The Morgan fingerprint density at radius 2 is 0.643 bits per heavy atom. The van der Waals surface area contributed by atoms with Crippen LogP contribution in [-0.2, 0) is 14.3 Å². The number of carbonyl (C=O) groups is 2. The minimum atomic E-state index is 0.0926. The predicted octanol–water partition coefficient (Wildman–Crippen LogP) is 16.5. The minimum Gasteiger partial charge on any atom is -0.462 e. The molecule has 14 rings (SSSR count). The second-order valence-electron chi connectivity index (χ2n) is 17.7. The normalized spacial score (nSPS) is 41.5. The Morgan fingerprint density at radius 1 is 0.339 bits per heavy atom. The first kappa shape index (κ1) is 53.2. The molecule has 3 heteroatoms. The smallest absolute Gasteiger partial charge is 0.309 e. The van der Waals surface area contributed by atoms with Crippen molar-refractivity contribution in [1.29, 1.82) is 0 Å². The van der Waals surface area contributed by atoms with Crippen molar-refractivity contribution in [3.8, 4) is 0 Å². The zero-order valence-electron chi connectivity index (χ0n) is 40.9. The molecule has 6 atom stereocenters. The molecule has 1 aliphatic heterocycles. The van der Waals surface area contributed by atoms with Crippen LogP contribution >= 0.6 is 0 Å². The molecular formula is C53H102O3. The highest BCUT2D eigenvalue weighted by molar-refractivity contribution is 5.85. The third-order valence-corrected chi connectivity index (χ3v) is 15.3. The average Bonchev–Trinajstić information content (AvgIpc) is 4.11. The molecule has 332 valence electrons. The van der Waals surface area contributed by atoms with E-state index >= 15 is 0 Å². The fraction of sp³-hybridized carbons (Fsp3) is 0.962. The molecule has 56 heavy (non-hydrogen) atoms. The zero-order chi connectivity index (χ0) is 42.5. The maximum absolute atomic E-state index is 11.6. The number of carbonyl (C=O) groups excluding carboxylic acids is 2. The van der Waals surface area contributed by atoms with Crippen molar-refractivity contribution in [2.75, 3.05) is 0 Å². The van der Waals surface area contributed by atoms with Crippen molar-refractivity contribution in [2.45, 2.75) is 239 Å². The maximum Gasteiger partial charge on any atom is 0.309 e. The molecule has 13 saturated carbocycles. The largest absolute Gasteiger partial charge is 0.462 e. The molecule has 0 radical (unpaired) electrons. The lowest BCUT2D eigenvalue weighted by Crippen LogP contribution is -2.45. The lowest BCUT2D eigenvalue weighted by molar-refractivity contribution is -0.143. The van der Waals surface area contributed by atoms with Crippen molar-refractivity contribution in [3.63, 3.8) is 0 Å². The van der Waals surface area contributed by atoms with Gasteiger partial charge in [0, 0.05) is 17.8 Å². The van der Waals surface area contributed by atoms with Crippen LogP contribution in [0.2, 0.25) is 0 Å². The summed E-state index contributed by atoms with van der Waals surface area (Å²) in [6.45, 7) is 32.0. The van der Waals surface area contributed by atoms with E-state index in [0.29, 0.717) is 35.6 Å². The lowest BCUT2D eigenvalue weighted by atomic mass is 9.56. The predicted molar refractivity (Wildman–Crippen MR) is 246 cm³/mol. The molecule has 0 N–H and O–H groups in total. The van der Waals surface area contributed by atoms with Gasteiger partial charge in [0.1, 0.15) is 11.9 Å². The highest BCUT2D eigenvalue weighted by atomic mass is 16.6. The van der Waals surface area contributed by atoms with E-state index in [2.05, 4.69) is 0 Å². The molecule has 14 fully saturated rings. The van der Waals surface area contributed by atoms with Gasteiger partial charge in [-0.05, 0) is 187 Å². The lowest BCUT2D eigenvalue weighted by Gasteiger charge is -2.49. The van der Waals surface area contributed by atoms with E-state index in [0.717, 1.165) is 30.6 Å². The molecule has 0 amide bonds. The van der Waals surface area contributed by atoms with Crippen LogP contribution in [0.5, 0.6) is 0 Å². The first-order valence-corrected chi connectivity index (χ1v) is 26.2. The quantitative estimate of drug-likeness (QED) is 0.230. The number of hydrogen-bond acceptors (Lipinski definition) is 3. The second-order valence-corrected chi connectivity index (χ2v) is 17.7. The fourth-order valence-electron chi connectivity index (χ4n) is 14.3. The van der Waals surface area contributed by atoms with Gasteiger partial charge >= 0.3 is 5.97 Å². The number of ether oxygens (including phenoxy) is 1. The van der Waals surface area contributed by atoms with Gasteiger partial charge in [-0.2, -0.15) is 0 Å². The minimum absolute atomic E-state index is 0.0926. The molecule has 12 bridgehead atoms. The Hall–Kier alpha value is -0.860. The first-order valence-electron chi connectivity index (χ1n) is 26.2. The summed E-state index contributed by atoms with van der Waals surface area (Å²) in [5.41, 5.74) is 0. The van der Waals surface area contributed by atoms with E-state index in [1.807, 2.05) is 111 Å². The van der Waals surface area contributed by atoms with Crippen molar-refractivity contribution in [1.82, 2.24) is 0 Å². The van der Waals surface area contributed by atoms with Crippen molar-refractivity contribution < 1.29 is 14.3 Å². The Kier molecular flexibility index (Phi) is 27.1. The van der Waals surface area contributed by atoms with Gasteiger partial charge in [0.2, 0.25) is 0 Å². The number of ketones is 1. The molecule has 3 nitrogen and oxygen atoms in total. The van der Waals surface area contributed by atoms with E-state index in [9.17, 15) is 9.59 Å². The highest BCUT2D eigenvalue weighted by Crippen LogP contribution is 2.60. The summed E-state index contributed by atoms with van der Waals surface area (Å²) in [5, 5.41) is 0. The van der Waals surface area contributed by atoms with E-state index < -0.39 is 0 Å².